The van der Waals surface area contributed by atoms with Crippen LogP contribution in [0.2, 0.25) is 0 Å². The van der Waals surface area contributed by atoms with Crippen LogP contribution in [0.25, 0.3) is 0 Å². The molecule has 2 rings (SSSR count). The normalized spacial score (nSPS) is 16.1. The van der Waals surface area contributed by atoms with Crippen molar-refractivity contribution in [2.24, 2.45) is 0 Å². The van der Waals surface area contributed by atoms with Crippen molar-refractivity contribution in [2.45, 2.75) is 25.3 Å². The number of ether oxygens (including phenoxy) is 1. The fourth-order valence-corrected chi connectivity index (χ4v) is 1.47. The Kier molecular flexibility index (Phi) is 3.03. The van der Waals surface area contributed by atoms with E-state index in [4.69, 9.17) is 4.74 Å². The summed E-state index contributed by atoms with van der Waals surface area (Å²) < 4.78 is 4.92. The van der Waals surface area contributed by atoms with Crippen LogP contribution in [0, 0.1) is 0 Å². The van der Waals surface area contributed by atoms with Crippen LogP contribution in [0.3, 0.4) is 0 Å². The molecule has 1 aromatic heterocycles. The van der Waals surface area contributed by atoms with E-state index in [-0.39, 0.29) is 11.7 Å². The lowest BCUT2D eigenvalue weighted by atomic mass is 10.2. The lowest BCUT2D eigenvalue weighted by Crippen LogP contribution is -2.44. The van der Waals surface area contributed by atoms with Gasteiger partial charge in [0.1, 0.15) is 11.2 Å². The van der Waals surface area contributed by atoms with Crippen molar-refractivity contribution in [1.82, 2.24) is 15.3 Å². The maximum atomic E-state index is 11.8. The summed E-state index contributed by atoms with van der Waals surface area (Å²) in [5.74, 6) is -0.777. The zero-order chi connectivity index (χ0) is 12.3. The van der Waals surface area contributed by atoms with E-state index in [2.05, 4.69) is 15.3 Å². The Morgan fingerprint density at radius 3 is 2.76 bits per heavy atom. The molecule has 17 heavy (non-hydrogen) atoms. The number of nitrogens with one attached hydrogen (secondary N) is 1. The average molecular weight is 235 g/mol. The molecule has 1 heterocycles. The second kappa shape index (κ2) is 4.48. The highest BCUT2D eigenvalue weighted by molar-refractivity contribution is 5.97. The molecule has 1 fully saturated rings. The highest BCUT2D eigenvalue weighted by Crippen LogP contribution is 2.36. The fourth-order valence-electron chi connectivity index (χ4n) is 1.47. The number of hydrogen-bond donors (Lipinski definition) is 1. The molecule has 1 N–H and O–H groups in total. The Morgan fingerprint density at radius 1 is 1.47 bits per heavy atom. The Morgan fingerprint density at radius 2 is 2.24 bits per heavy atom. The molecule has 90 valence electrons. The molecule has 1 aliphatic rings. The van der Waals surface area contributed by atoms with Gasteiger partial charge >= 0.3 is 5.97 Å². The number of nitrogens with zero attached hydrogens (tertiary/aromatic N) is 2. The zero-order valence-electron chi connectivity index (χ0n) is 9.47. The molecule has 0 bridgehead atoms. The van der Waals surface area contributed by atoms with Gasteiger partial charge in [-0.1, -0.05) is 0 Å². The number of amides is 1. The van der Waals surface area contributed by atoms with E-state index in [9.17, 15) is 9.59 Å². The van der Waals surface area contributed by atoms with Gasteiger partial charge < -0.3 is 10.1 Å². The monoisotopic (exact) mass is 235 g/mol. The summed E-state index contributed by atoms with van der Waals surface area (Å²) in [7, 11) is 0. The van der Waals surface area contributed by atoms with Crippen LogP contribution in [-0.4, -0.2) is 34.0 Å². The number of carbonyl (C=O) groups is 2. The van der Waals surface area contributed by atoms with Crippen molar-refractivity contribution < 1.29 is 14.3 Å². The number of aromatic nitrogens is 2. The summed E-state index contributed by atoms with van der Waals surface area (Å²) in [6.45, 7) is 2.04. The van der Waals surface area contributed by atoms with E-state index in [1.165, 1.54) is 18.6 Å². The van der Waals surface area contributed by atoms with Gasteiger partial charge in [0.25, 0.3) is 5.91 Å². The third-order valence-corrected chi connectivity index (χ3v) is 2.56. The molecular weight excluding hydrogens is 222 g/mol. The first-order valence-electron chi connectivity index (χ1n) is 5.44. The van der Waals surface area contributed by atoms with E-state index < -0.39 is 11.4 Å². The van der Waals surface area contributed by atoms with Crippen LogP contribution >= 0.6 is 0 Å². The largest absolute Gasteiger partial charge is 0.464 e. The molecule has 1 aliphatic carbocycles. The molecule has 0 aliphatic heterocycles. The standard InChI is InChI=1S/C11H13N3O3/c1-2-17-10(16)11(3-4-11)14-9(15)8-7-12-5-6-13-8/h5-7H,2-4H2,1H3,(H,14,15). The third kappa shape index (κ3) is 2.41. The van der Waals surface area contributed by atoms with Crippen molar-refractivity contribution in [3.8, 4) is 0 Å². The molecule has 0 saturated heterocycles. The van der Waals surface area contributed by atoms with Gasteiger partial charge in [-0.25, -0.2) is 9.78 Å². The highest BCUT2D eigenvalue weighted by atomic mass is 16.5. The predicted molar refractivity (Wildman–Crippen MR) is 58.1 cm³/mol. The minimum Gasteiger partial charge on any atom is -0.464 e. The minimum absolute atomic E-state index is 0.197. The second-order valence-corrected chi connectivity index (χ2v) is 3.85. The van der Waals surface area contributed by atoms with Gasteiger partial charge in [0.2, 0.25) is 0 Å². The van der Waals surface area contributed by atoms with Crippen molar-refractivity contribution in [3.63, 3.8) is 0 Å². The summed E-state index contributed by atoms with van der Waals surface area (Å²) in [5, 5.41) is 2.65. The zero-order valence-corrected chi connectivity index (χ0v) is 9.47. The Balaban J connectivity index is 2.02. The Hall–Kier alpha value is -1.98. The second-order valence-electron chi connectivity index (χ2n) is 3.85. The molecular formula is C11H13N3O3. The minimum atomic E-state index is -0.843. The summed E-state index contributed by atoms with van der Waals surface area (Å²) in [6.07, 6.45) is 5.49. The number of rotatable bonds is 4. The third-order valence-electron chi connectivity index (χ3n) is 2.56. The van der Waals surface area contributed by atoms with Gasteiger partial charge in [0, 0.05) is 12.4 Å². The number of carbonyl (C=O) groups excluding carboxylic acids is 2. The topological polar surface area (TPSA) is 81.2 Å². The van der Waals surface area contributed by atoms with Gasteiger partial charge in [-0.2, -0.15) is 0 Å². The van der Waals surface area contributed by atoms with E-state index in [1.807, 2.05) is 0 Å². The molecule has 6 heteroatoms. The van der Waals surface area contributed by atoms with Gasteiger partial charge in [-0.05, 0) is 19.8 Å². The molecule has 1 saturated carbocycles. The fraction of sp³-hybridized carbons (Fsp3) is 0.455. The summed E-state index contributed by atoms with van der Waals surface area (Å²) in [5.41, 5.74) is -0.645. The van der Waals surface area contributed by atoms with Gasteiger partial charge in [-0.3, -0.25) is 9.78 Å². The highest BCUT2D eigenvalue weighted by Gasteiger charge is 2.52. The SMILES string of the molecule is CCOC(=O)C1(NC(=O)c2cnccn2)CC1. The molecule has 1 aromatic rings. The van der Waals surface area contributed by atoms with E-state index in [0.29, 0.717) is 19.4 Å². The van der Waals surface area contributed by atoms with Crippen molar-refractivity contribution >= 4 is 11.9 Å². The van der Waals surface area contributed by atoms with Crippen LogP contribution < -0.4 is 5.32 Å². The molecule has 6 nitrogen and oxygen atoms in total. The number of esters is 1. The first kappa shape index (κ1) is 11.5. The molecule has 0 atom stereocenters. The van der Waals surface area contributed by atoms with Crippen molar-refractivity contribution in [3.05, 3.63) is 24.3 Å². The van der Waals surface area contributed by atoms with Gasteiger partial charge in [-0.15, -0.1) is 0 Å². The summed E-state index contributed by atoms with van der Waals surface area (Å²) in [6, 6.07) is 0. The van der Waals surface area contributed by atoms with E-state index in [0.717, 1.165) is 0 Å². The maximum absolute atomic E-state index is 11.8. The lowest BCUT2D eigenvalue weighted by Gasteiger charge is -2.15. The van der Waals surface area contributed by atoms with Crippen molar-refractivity contribution in [2.75, 3.05) is 6.61 Å². The van der Waals surface area contributed by atoms with Crippen LogP contribution in [0.4, 0.5) is 0 Å². The lowest BCUT2D eigenvalue weighted by molar-refractivity contribution is -0.146. The summed E-state index contributed by atoms with van der Waals surface area (Å²) in [4.78, 5) is 31.1. The van der Waals surface area contributed by atoms with Crippen molar-refractivity contribution in [1.29, 1.82) is 0 Å². The molecule has 1 amide bonds. The van der Waals surface area contributed by atoms with Gasteiger partial charge in [0.05, 0.1) is 12.8 Å². The maximum Gasteiger partial charge on any atom is 0.331 e. The number of hydrogen-bond acceptors (Lipinski definition) is 5. The molecule has 0 spiro atoms. The quantitative estimate of drug-likeness (QED) is 0.759. The van der Waals surface area contributed by atoms with Crippen LogP contribution in [0.15, 0.2) is 18.6 Å². The Labute approximate surface area is 98.4 Å². The Bertz CT molecular complexity index is 429. The molecule has 0 radical (unpaired) electrons. The van der Waals surface area contributed by atoms with E-state index in [1.54, 1.807) is 6.92 Å². The van der Waals surface area contributed by atoms with E-state index >= 15 is 0 Å². The molecule has 0 aromatic carbocycles. The smallest absolute Gasteiger partial charge is 0.331 e. The van der Waals surface area contributed by atoms with Gasteiger partial charge in [0.15, 0.2) is 0 Å². The van der Waals surface area contributed by atoms with Crippen LogP contribution in [0.5, 0.6) is 0 Å². The first-order valence-corrected chi connectivity index (χ1v) is 5.44. The first-order chi connectivity index (χ1) is 8.18. The summed E-state index contributed by atoms with van der Waals surface area (Å²) >= 11 is 0. The predicted octanol–water partition coefficient (Wildman–Crippen LogP) is 0.302. The van der Waals surface area contributed by atoms with Crippen LogP contribution in [0.1, 0.15) is 30.3 Å². The average Bonchev–Trinajstić information content (AvgIpc) is 3.11. The van der Waals surface area contributed by atoms with Crippen LogP contribution in [-0.2, 0) is 9.53 Å². The molecule has 0 unspecified atom stereocenters.